The van der Waals surface area contributed by atoms with Gasteiger partial charge in [-0.05, 0) is 32.4 Å². The number of nitrogens with one attached hydrogen (secondary N) is 1. The molecule has 0 saturated heterocycles. The zero-order valence-electron chi connectivity index (χ0n) is 14.5. The number of hydrogen-bond acceptors (Lipinski definition) is 5. The molecule has 0 radical (unpaired) electrons. The van der Waals surface area contributed by atoms with Crippen molar-refractivity contribution in [1.29, 1.82) is 0 Å². The van der Waals surface area contributed by atoms with E-state index in [9.17, 15) is 13.2 Å². The van der Waals surface area contributed by atoms with E-state index in [1.54, 1.807) is 18.2 Å². The number of carbonyl (C=O) groups is 1. The fourth-order valence-electron chi connectivity index (χ4n) is 2.22. The molecule has 0 spiro atoms. The summed E-state index contributed by atoms with van der Waals surface area (Å²) in [5.41, 5.74) is -0.0289. The van der Waals surface area contributed by atoms with Crippen LogP contribution in [0, 0.1) is 0 Å². The Morgan fingerprint density at radius 1 is 1.25 bits per heavy atom. The van der Waals surface area contributed by atoms with E-state index >= 15 is 0 Å². The monoisotopic (exact) mass is 356 g/mol. The van der Waals surface area contributed by atoms with Crippen molar-refractivity contribution in [2.45, 2.75) is 32.7 Å². The minimum atomic E-state index is -3.63. The summed E-state index contributed by atoms with van der Waals surface area (Å²) < 4.78 is 36.3. The van der Waals surface area contributed by atoms with Crippen LogP contribution in [0.15, 0.2) is 18.2 Å². The maximum Gasteiger partial charge on any atom is 0.241 e. The third kappa shape index (κ3) is 4.53. The molecule has 8 heteroatoms. The quantitative estimate of drug-likeness (QED) is 0.835. The van der Waals surface area contributed by atoms with E-state index in [0.29, 0.717) is 30.4 Å². The van der Waals surface area contributed by atoms with Gasteiger partial charge in [0.05, 0.1) is 11.9 Å². The lowest BCUT2D eigenvalue weighted by Gasteiger charge is -2.28. The Hall–Kier alpha value is -1.96. The molecule has 2 rings (SSSR count). The van der Waals surface area contributed by atoms with Crippen molar-refractivity contribution < 1.29 is 22.7 Å². The maximum absolute atomic E-state index is 12.3. The Balaban J connectivity index is 2.25. The van der Waals surface area contributed by atoms with E-state index in [2.05, 4.69) is 5.32 Å². The molecule has 1 aromatic carbocycles. The highest BCUT2D eigenvalue weighted by atomic mass is 32.2. The summed E-state index contributed by atoms with van der Waals surface area (Å²) in [6.07, 6.45) is 1.81. The lowest BCUT2D eigenvalue weighted by Crippen LogP contribution is -2.48. The van der Waals surface area contributed by atoms with Crippen molar-refractivity contribution >= 4 is 21.6 Å². The van der Waals surface area contributed by atoms with E-state index in [0.717, 1.165) is 17.0 Å². The molecule has 24 heavy (non-hydrogen) atoms. The smallest absolute Gasteiger partial charge is 0.241 e. The van der Waals surface area contributed by atoms with Gasteiger partial charge in [0.15, 0.2) is 11.5 Å². The first kappa shape index (κ1) is 18.4. The molecular weight excluding hydrogens is 332 g/mol. The van der Waals surface area contributed by atoms with E-state index in [1.165, 1.54) is 0 Å². The lowest BCUT2D eigenvalue weighted by atomic mass is 10.0. The van der Waals surface area contributed by atoms with Gasteiger partial charge in [0, 0.05) is 11.6 Å². The summed E-state index contributed by atoms with van der Waals surface area (Å²) >= 11 is 0. The molecule has 0 unspecified atom stereocenters. The number of hydrogen-bond donors (Lipinski definition) is 1. The normalized spacial score (nSPS) is 14.2. The Morgan fingerprint density at radius 2 is 1.88 bits per heavy atom. The first-order valence-corrected chi connectivity index (χ1v) is 9.65. The van der Waals surface area contributed by atoms with Gasteiger partial charge in [0.1, 0.15) is 19.8 Å². The van der Waals surface area contributed by atoms with Gasteiger partial charge in [-0.25, -0.2) is 8.42 Å². The molecule has 1 aromatic rings. The van der Waals surface area contributed by atoms with E-state index in [-0.39, 0.29) is 12.5 Å². The van der Waals surface area contributed by atoms with Gasteiger partial charge in [-0.15, -0.1) is 0 Å². The highest BCUT2D eigenvalue weighted by Crippen LogP contribution is 2.34. The fourth-order valence-corrected chi connectivity index (χ4v) is 3.07. The van der Waals surface area contributed by atoms with Crippen LogP contribution in [0.5, 0.6) is 11.5 Å². The maximum atomic E-state index is 12.3. The molecular formula is C16H24N2O5S. The molecule has 1 aliphatic rings. The molecule has 0 fully saturated rings. The third-order valence-corrected chi connectivity index (χ3v) is 5.00. The number of rotatable bonds is 6. The molecule has 1 amide bonds. The second-order valence-corrected chi connectivity index (χ2v) is 8.29. The summed E-state index contributed by atoms with van der Waals surface area (Å²) in [5, 5.41) is 2.84. The molecule has 1 N–H and O–H groups in total. The first-order chi connectivity index (χ1) is 11.1. The van der Waals surface area contributed by atoms with Crippen molar-refractivity contribution in [1.82, 2.24) is 5.32 Å². The molecule has 1 heterocycles. The second kappa shape index (κ2) is 6.88. The third-order valence-electron chi connectivity index (χ3n) is 3.86. The Labute approximate surface area is 143 Å². The van der Waals surface area contributed by atoms with Crippen LogP contribution in [0.3, 0.4) is 0 Å². The summed E-state index contributed by atoms with van der Waals surface area (Å²) in [6, 6.07) is 4.83. The van der Waals surface area contributed by atoms with Crippen LogP contribution in [0.1, 0.15) is 27.2 Å². The van der Waals surface area contributed by atoms with Crippen molar-refractivity contribution in [2.75, 3.05) is 30.3 Å². The van der Waals surface area contributed by atoms with Gasteiger partial charge in [0.2, 0.25) is 15.9 Å². The van der Waals surface area contributed by atoms with Crippen molar-refractivity contribution in [3.05, 3.63) is 18.2 Å². The number of amides is 1. The second-order valence-electron chi connectivity index (χ2n) is 6.38. The molecule has 1 aliphatic heterocycles. The van der Waals surface area contributed by atoms with Gasteiger partial charge >= 0.3 is 0 Å². The largest absolute Gasteiger partial charge is 0.486 e. The topological polar surface area (TPSA) is 84.9 Å². The van der Waals surface area contributed by atoms with Crippen LogP contribution in [0.25, 0.3) is 0 Å². The van der Waals surface area contributed by atoms with Gasteiger partial charge < -0.3 is 14.8 Å². The van der Waals surface area contributed by atoms with E-state index < -0.39 is 15.6 Å². The van der Waals surface area contributed by atoms with Crippen LogP contribution >= 0.6 is 0 Å². The molecule has 0 bridgehead atoms. The number of sulfonamides is 1. The number of nitrogens with zero attached hydrogens (tertiary/aromatic N) is 1. The lowest BCUT2D eigenvalue weighted by molar-refractivity contribution is -0.121. The highest BCUT2D eigenvalue weighted by Gasteiger charge is 2.25. The number of ether oxygens (including phenoxy) is 2. The summed E-state index contributed by atoms with van der Waals surface area (Å²) in [5.74, 6) is 0.680. The zero-order valence-corrected chi connectivity index (χ0v) is 15.3. The van der Waals surface area contributed by atoms with Gasteiger partial charge in [0.25, 0.3) is 0 Å². The Bertz CT molecular complexity index is 715. The van der Waals surface area contributed by atoms with Crippen LogP contribution in [-0.4, -0.2) is 45.9 Å². The van der Waals surface area contributed by atoms with Crippen LogP contribution < -0.4 is 19.1 Å². The minimum Gasteiger partial charge on any atom is -0.486 e. The molecule has 0 atom stereocenters. The predicted molar refractivity (Wildman–Crippen MR) is 92.1 cm³/mol. The molecule has 134 valence electrons. The molecule has 0 aromatic heterocycles. The van der Waals surface area contributed by atoms with Gasteiger partial charge in [-0.1, -0.05) is 6.92 Å². The molecule has 0 aliphatic carbocycles. The van der Waals surface area contributed by atoms with E-state index in [4.69, 9.17) is 9.47 Å². The zero-order chi connectivity index (χ0) is 18.0. The van der Waals surface area contributed by atoms with Crippen LogP contribution in [-0.2, 0) is 14.8 Å². The van der Waals surface area contributed by atoms with E-state index in [1.807, 2.05) is 20.8 Å². The predicted octanol–water partition coefficient (Wildman–Crippen LogP) is 1.53. The van der Waals surface area contributed by atoms with Gasteiger partial charge in [-0.2, -0.15) is 0 Å². The van der Waals surface area contributed by atoms with Gasteiger partial charge in [-0.3, -0.25) is 9.10 Å². The summed E-state index contributed by atoms with van der Waals surface area (Å²) in [6.45, 7) is 6.30. The van der Waals surface area contributed by atoms with Crippen LogP contribution in [0.2, 0.25) is 0 Å². The van der Waals surface area contributed by atoms with Crippen molar-refractivity contribution in [3.8, 4) is 11.5 Å². The standard InChI is InChI=1S/C16H24N2O5S/c1-5-16(2,3)17-15(19)11-18(24(4,20)21)12-6-7-13-14(10-12)23-9-8-22-13/h6-7,10H,5,8-9,11H2,1-4H3,(H,17,19). The summed E-state index contributed by atoms with van der Waals surface area (Å²) in [7, 11) is -3.63. The molecule has 7 nitrogen and oxygen atoms in total. The van der Waals surface area contributed by atoms with Crippen molar-refractivity contribution in [3.63, 3.8) is 0 Å². The first-order valence-electron chi connectivity index (χ1n) is 7.81. The highest BCUT2D eigenvalue weighted by molar-refractivity contribution is 7.92. The molecule has 0 saturated carbocycles. The Kier molecular flexibility index (Phi) is 5.27. The number of benzene rings is 1. The number of carbonyl (C=O) groups excluding carboxylic acids is 1. The minimum absolute atomic E-state index is 0.290. The number of fused-ring (bicyclic) bond motifs is 1. The van der Waals surface area contributed by atoms with Crippen LogP contribution in [0.4, 0.5) is 5.69 Å². The van der Waals surface area contributed by atoms with Crippen molar-refractivity contribution in [2.24, 2.45) is 0 Å². The SMILES string of the molecule is CCC(C)(C)NC(=O)CN(c1ccc2c(c1)OCCO2)S(C)(=O)=O. The summed E-state index contributed by atoms with van der Waals surface area (Å²) in [4.78, 5) is 12.3. The fraction of sp³-hybridized carbons (Fsp3) is 0.562. The average molecular weight is 356 g/mol. The Morgan fingerprint density at radius 3 is 2.46 bits per heavy atom. The average Bonchev–Trinajstić information content (AvgIpc) is 2.50. The number of anilines is 1.